The van der Waals surface area contributed by atoms with Crippen molar-refractivity contribution >= 4 is 74.7 Å². The van der Waals surface area contributed by atoms with Gasteiger partial charge < -0.3 is 23.5 Å². The van der Waals surface area contributed by atoms with E-state index in [1.165, 1.54) is 23.4 Å². The van der Waals surface area contributed by atoms with Gasteiger partial charge in [0.15, 0.2) is 25.7 Å². The van der Waals surface area contributed by atoms with Crippen LogP contribution >= 0.6 is 25.8 Å². The standard InChI is InChI=1S/C33H48FN9O10P2S2Si/c1-18(2)29(44)41-32-40-28-24(30(45)42-32)38-17-43(28)31-27-26(53-58(6,7)33(3,4)5)21(50-31)15-48-54(46,56)51-25-19(14-49-55(57,52-27)47-12-8-10-35)13-20(23(25)34)39-22-9-11-36-16-37-22/h9,11,16-21,23,25-27,31H,8,12-15H2,1-7H3,(H,46,56)(H,36,37,39)(H2,40,41,42,44,45)/t19-,20-,21-,23-,25-,26-,27-,31-,54-,55+/m1/s1. The monoisotopic (exact) mass is 903 g/mol. The molecule has 6 rings (SSSR count). The van der Waals surface area contributed by atoms with Crippen LogP contribution in [0.15, 0.2) is 29.7 Å². The van der Waals surface area contributed by atoms with Crippen molar-refractivity contribution in [1.29, 1.82) is 5.26 Å². The van der Waals surface area contributed by atoms with Crippen LogP contribution in [0.4, 0.5) is 16.2 Å². The molecule has 318 valence electrons. The molecule has 19 nitrogen and oxygen atoms in total. The Bertz CT molecular complexity index is 2160. The number of anilines is 2. The second kappa shape index (κ2) is 17.7. The molecule has 5 heterocycles. The summed E-state index contributed by atoms with van der Waals surface area (Å²) in [5, 5.41) is 14.7. The van der Waals surface area contributed by atoms with Gasteiger partial charge in [0.05, 0.1) is 44.7 Å². The minimum Gasteiger partial charge on any atom is -0.408 e. The summed E-state index contributed by atoms with van der Waals surface area (Å²) >= 11 is 10.3. The van der Waals surface area contributed by atoms with Gasteiger partial charge in [-0.05, 0) is 42.4 Å². The Labute approximate surface area is 345 Å². The molecule has 2 saturated heterocycles. The Morgan fingerprint density at radius 3 is 2.67 bits per heavy atom. The number of halogens is 1. The topological polar surface area (TPSA) is 236 Å². The first-order chi connectivity index (χ1) is 27.2. The van der Waals surface area contributed by atoms with Gasteiger partial charge in [0.25, 0.3) is 5.56 Å². The first kappa shape index (κ1) is 44.8. The van der Waals surface area contributed by atoms with Crippen LogP contribution in [0.3, 0.4) is 0 Å². The predicted molar refractivity (Wildman–Crippen MR) is 219 cm³/mol. The molecule has 0 unspecified atom stereocenters. The number of hydrogen-bond acceptors (Lipinski definition) is 17. The third-order valence-electron chi connectivity index (χ3n) is 10.4. The highest BCUT2D eigenvalue weighted by Crippen LogP contribution is 2.60. The molecule has 0 spiro atoms. The smallest absolute Gasteiger partial charge is 0.386 e. The normalized spacial score (nSPS) is 32.2. The quantitative estimate of drug-likeness (QED) is 0.0834. The summed E-state index contributed by atoms with van der Waals surface area (Å²) in [6, 6.07) is 2.73. The van der Waals surface area contributed by atoms with E-state index in [0.717, 1.165) is 0 Å². The maximum absolute atomic E-state index is 16.3. The van der Waals surface area contributed by atoms with E-state index >= 15 is 4.39 Å². The van der Waals surface area contributed by atoms with Gasteiger partial charge in [0, 0.05) is 18.0 Å². The molecule has 0 radical (unpaired) electrons. The first-order valence-corrected chi connectivity index (χ1v) is 26.7. The number of carbonyl (C=O) groups excluding carboxylic acids is 1. The van der Waals surface area contributed by atoms with Crippen molar-refractivity contribution in [2.24, 2.45) is 11.8 Å². The van der Waals surface area contributed by atoms with E-state index in [1.807, 2.05) is 39.9 Å². The highest BCUT2D eigenvalue weighted by Gasteiger charge is 2.55. The lowest BCUT2D eigenvalue weighted by Gasteiger charge is -2.41. The third-order valence-corrected chi connectivity index (χ3v) is 18.9. The van der Waals surface area contributed by atoms with E-state index in [2.05, 4.69) is 47.8 Å². The summed E-state index contributed by atoms with van der Waals surface area (Å²) in [7, 11) is -2.72. The second-order valence-electron chi connectivity index (χ2n) is 16.0. The Hall–Kier alpha value is -2.71. The van der Waals surface area contributed by atoms with Crippen LogP contribution in [0, 0.1) is 23.2 Å². The van der Waals surface area contributed by atoms with Crippen molar-refractivity contribution in [3.63, 3.8) is 0 Å². The number of amides is 1. The number of aromatic nitrogens is 6. The molecule has 3 aliphatic rings. The maximum atomic E-state index is 16.3. The van der Waals surface area contributed by atoms with Gasteiger partial charge in [-0.2, -0.15) is 10.2 Å². The van der Waals surface area contributed by atoms with Gasteiger partial charge in [-0.3, -0.25) is 38.0 Å². The van der Waals surface area contributed by atoms with Crippen molar-refractivity contribution in [2.45, 2.75) is 108 Å². The molecule has 3 aromatic heterocycles. The van der Waals surface area contributed by atoms with Crippen molar-refractivity contribution < 1.29 is 45.5 Å². The van der Waals surface area contributed by atoms with Crippen LogP contribution in [0.5, 0.6) is 0 Å². The number of fused-ring (bicyclic) bond motifs is 4. The fourth-order valence-corrected chi connectivity index (χ4v) is 11.3. The molecule has 3 aromatic rings. The molecule has 1 saturated carbocycles. The molecule has 1 amide bonds. The van der Waals surface area contributed by atoms with Gasteiger partial charge in [0.2, 0.25) is 11.9 Å². The van der Waals surface area contributed by atoms with E-state index in [0.29, 0.717) is 5.82 Å². The summed E-state index contributed by atoms with van der Waals surface area (Å²) < 4.78 is 76.3. The Balaban J connectivity index is 1.44. The zero-order chi connectivity index (χ0) is 42.2. The molecule has 3 fully saturated rings. The summed E-state index contributed by atoms with van der Waals surface area (Å²) in [6.45, 7) is 4.35. The summed E-state index contributed by atoms with van der Waals surface area (Å²) in [4.78, 5) is 45.2. The Morgan fingerprint density at radius 2 is 2.00 bits per heavy atom. The van der Waals surface area contributed by atoms with Crippen LogP contribution < -0.4 is 16.2 Å². The van der Waals surface area contributed by atoms with Crippen molar-refractivity contribution in [2.75, 3.05) is 30.5 Å². The first-order valence-electron chi connectivity index (χ1n) is 18.6. The number of H-pyrrole nitrogens is 1. The van der Waals surface area contributed by atoms with Crippen molar-refractivity contribution in [1.82, 2.24) is 29.5 Å². The molecule has 0 aromatic carbocycles. The number of hydrogen-bond donors (Lipinski definition) is 4. The number of thiol groups is 1. The van der Waals surface area contributed by atoms with Gasteiger partial charge in [-0.1, -0.05) is 46.9 Å². The molecule has 1 aliphatic carbocycles. The molecule has 10 atom stereocenters. The third kappa shape index (κ3) is 10.1. The number of ether oxygens (including phenoxy) is 1. The molecular weight excluding hydrogens is 856 g/mol. The van der Waals surface area contributed by atoms with Crippen LogP contribution in [-0.4, -0.2) is 100 Å². The summed E-state index contributed by atoms with van der Waals surface area (Å²) in [5.74, 6) is -1.35. The fraction of sp³-hybridized carbons (Fsp3) is 0.667. The van der Waals surface area contributed by atoms with Crippen LogP contribution in [0.25, 0.3) is 11.2 Å². The number of nitrogens with one attached hydrogen (secondary N) is 3. The van der Waals surface area contributed by atoms with Crippen LogP contribution in [0.1, 0.15) is 53.7 Å². The second-order valence-corrected chi connectivity index (χ2v) is 26.6. The van der Waals surface area contributed by atoms with Crippen LogP contribution in [0.2, 0.25) is 18.1 Å². The van der Waals surface area contributed by atoms with Gasteiger partial charge >= 0.3 is 13.5 Å². The zero-order valence-electron chi connectivity index (χ0n) is 32.9. The molecule has 25 heteroatoms. The number of alkyl halides is 1. The van der Waals surface area contributed by atoms with Crippen molar-refractivity contribution in [3.05, 3.63) is 35.3 Å². The predicted octanol–water partition coefficient (Wildman–Crippen LogP) is 5.64. The van der Waals surface area contributed by atoms with Gasteiger partial charge in [0.1, 0.15) is 42.7 Å². The van der Waals surface area contributed by atoms with E-state index in [-0.39, 0.29) is 54.1 Å². The maximum Gasteiger partial charge on any atom is 0.386 e. The average molecular weight is 904 g/mol. The van der Waals surface area contributed by atoms with Gasteiger partial charge in [-0.15, -0.1) is 0 Å². The molecule has 58 heavy (non-hydrogen) atoms. The van der Waals surface area contributed by atoms with E-state index in [9.17, 15) is 19.4 Å². The minimum absolute atomic E-state index is 0.0167. The molecule has 2 aliphatic heterocycles. The SMILES string of the molecule is CC(C)C(=O)Nc1nc2c(ncn2[C@@H]2O[C@@H]3CO[P@@](=O)(S)O[C@@H]4[C@@H](CO[P@@](=S)(OCCC#N)O[C@@H]2[C@@H]3O[Si](C)(C)C(C)(C)C)C[C@@H](Nc2ccncn2)[C@H]4F)c(=O)[nH]1. The van der Waals surface area contributed by atoms with E-state index in [4.69, 9.17) is 43.6 Å². The molecule has 2 bridgehead atoms. The average Bonchev–Trinajstić information content (AvgIpc) is 3.79. The fourth-order valence-electron chi connectivity index (χ4n) is 6.35. The summed E-state index contributed by atoms with van der Waals surface area (Å²) in [6.07, 6.45) is -3.42. The lowest BCUT2D eigenvalue weighted by Crippen LogP contribution is -2.50. The minimum atomic E-state index is -4.34. The van der Waals surface area contributed by atoms with E-state index < -0.39 is 88.7 Å². The number of nitrogens with zero attached hydrogens (tertiary/aromatic N) is 6. The number of imidazole rings is 1. The molecular formula is C33H48FN9O10P2S2Si. The largest absolute Gasteiger partial charge is 0.408 e. The van der Waals surface area contributed by atoms with Crippen molar-refractivity contribution in [3.8, 4) is 6.07 Å². The van der Waals surface area contributed by atoms with E-state index in [1.54, 1.807) is 19.9 Å². The van der Waals surface area contributed by atoms with Gasteiger partial charge in [-0.25, -0.2) is 23.9 Å². The summed E-state index contributed by atoms with van der Waals surface area (Å²) in [5.41, 5.74) is -0.697. The molecule has 3 N–H and O–H groups in total. The number of aromatic amines is 1. The van der Waals surface area contributed by atoms with Crippen LogP contribution in [-0.2, 0) is 52.9 Å². The zero-order valence-corrected chi connectivity index (χ0v) is 37.4. The number of rotatable bonds is 10. The highest BCUT2D eigenvalue weighted by molar-refractivity contribution is 8.44. The Kier molecular flexibility index (Phi) is 13.7. The lowest BCUT2D eigenvalue weighted by atomic mass is 10.1. The lowest BCUT2D eigenvalue weighted by molar-refractivity contribution is -0.118. The highest BCUT2D eigenvalue weighted by atomic mass is 32.7. The number of carbonyl (C=O) groups is 1. The Morgan fingerprint density at radius 1 is 1.24 bits per heavy atom. The number of nitriles is 1.